The van der Waals surface area contributed by atoms with Crippen molar-refractivity contribution < 1.29 is 17.9 Å². The summed E-state index contributed by atoms with van der Waals surface area (Å²) in [6, 6.07) is 11.5. The molecule has 1 amide bonds. The molecule has 2 aromatic rings. The van der Waals surface area contributed by atoms with E-state index in [9.17, 15) is 13.2 Å². The molecule has 0 bridgehead atoms. The number of hydrogen-bond acceptors (Lipinski definition) is 4. The Morgan fingerprint density at radius 2 is 1.81 bits per heavy atom. The summed E-state index contributed by atoms with van der Waals surface area (Å²) in [6.07, 6.45) is 4.63. The molecule has 1 aliphatic carbocycles. The van der Waals surface area contributed by atoms with E-state index in [4.69, 9.17) is 4.74 Å². The quantitative estimate of drug-likeness (QED) is 0.793. The highest BCUT2D eigenvalue weighted by atomic mass is 32.2. The average Bonchev–Trinajstić information content (AvgIpc) is 3.14. The van der Waals surface area contributed by atoms with E-state index in [1.54, 1.807) is 49.4 Å². The third-order valence-electron chi connectivity index (χ3n) is 4.68. The number of carbonyl (C=O) groups excluding carboxylic acids is 1. The topological polar surface area (TPSA) is 84.5 Å². The van der Waals surface area contributed by atoms with Crippen LogP contribution in [0, 0.1) is 6.92 Å². The summed E-state index contributed by atoms with van der Waals surface area (Å²) in [5, 5.41) is 2.51. The van der Waals surface area contributed by atoms with Crippen molar-refractivity contribution in [1.29, 1.82) is 0 Å². The van der Waals surface area contributed by atoms with Gasteiger partial charge in [0.2, 0.25) is 0 Å². The zero-order valence-electron chi connectivity index (χ0n) is 15.5. The van der Waals surface area contributed by atoms with Crippen molar-refractivity contribution in [3.8, 4) is 5.75 Å². The van der Waals surface area contributed by atoms with Crippen molar-refractivity contribution in [2.75, 3.05) is 11.8 Å². The van der Waals surface area contributed by atoms with Crippen LogP contribution in [0.15, 0.2) is 47.4 Å². The Kier molecular flexibility index (Phi) is 5.70. The molecule has 3 rings (SSSR count). The fourth-order valence-corrected chi connectivity index (χ4v) is 4.61. The predicted molar refractivity (Wildman–Crippen MR) is 105 cm³/mol. The largest absolute Gasteiger partial charge is 0.490 e. The van der Waals surface area contributed by atoms with Gasteiger partial charge in [0.05, 0.1) is 22.3 Å². The number of sulfonamides is 1. The maximum Gasteiger partial charge on any atom is 0.262 e. The van der Waals surface area contributed by atoms with Gasteiger partial charge in [-0.15, -0.1) is 0 Å². The van der Waals surface area contributed by atoms with Gasteiger partial charge >= 0.3 is 0 Å². The Morgan fingerprint density at radius 1 is 1.11 bits per heavy atom. The van der Waals surface area contributed by atoms with Crippen LogP contribution in [-0.4, -0.2) is 27.5 Å². The molecule has 0 atom stereocenters. The van der Waals surface area contributed by atoms with Crippen molar-refractivity contribution in [3.05, 3.63) is 53.6 Å². The SMILES string of the molecule is CNC(=O)c1ccccc1NS(=O)(=O)c1ccc(OC2CCCC2)cc1C. The summed E-state index contributed by atoms with van der Waals surface area (Å²) in [5.41, 5.74) is 1.10. The first kappa shape index (κ1) is 19.2. The van der Waals surface area contributed by atoms with Crippen LogP contribution in [0.5, 0.6) is 5.75 Å². The molecule has 0 aliphatic heterocycles. The highest BCUT2D eigenvalue weighted by molar-refractivity contribution is 7.92. The Bertz CT molecular complexity index is 935. The molecule has 2 aromatic carbocycles. The number of aryl methyl sites for hydroxylation is 1. The summed E-state index contributed by atoms with van der Waals surface area (Å²) in [4.78, 5) is 12.1. The number of nitrogens with one attached hydrogen (secondary N) is 2. The van der Waals surface area contributed by atoms with Crippen LogP contribution in [0.25, 0.3) is 0 Å². The Balaban J connectivity index is 1.84. The molecule has 27 heavy (non-hydrogen) atoms. The van der Waals surface area contributed by atoms with Crippen molar-refractivity contribution in [2.24, 2.45) is 0 Å². The van der Waals surface area contributed by atoms with Crippen molar-refractivity contribution >= 4 is 21.6 Å². The van der Waals surface area contributed by atoms with E-state index in [1.165, 1.54) is 19.9 Å². The van der Waals surface area contributed by atoms with Gasteiger partial charge in [-0.05, 0) is 68.5 Å². The van der Waals surface area contributed by atoms with Gasteiger partial charge in [-0.25, -0.2) is 8.42 Å². The van der Waals surface area contributed by atoms with Crippen LogP contribution in [0.4, 0.5) is 5.69 Å². The number of anilines is 1. The molecule has 1 fully saturated rings. The lowest BCUT2D eigenvalue weighted by atomic mass is 10.2. The highest BCUT2D eigenvalue weighted by Gasteiger charge is 2.21. The van der Waals surface area contributed by atoms with Crippen molar-refractivity contribution in [3.63, 3.8) is 0 Å². The fraction of sp³-hybridized carbons (Fsp3) is 0.350. The van der Waals surface area contributed by atoms with E-state index in [1.807, 2.05) is 0 Å². The molecule has 1 aliphatic rings. The highest BCUT2D eigenvalue weighted by Crippen LogP contribution is 2.28. The standard InChI is InChI=1S/C20H24N2O4S/c1-14-13-16(26-15-7-3-4-8-15)11-12-19(14)27(24,25)22-18-10-6-5-9-17(18)20(23)21-2/h5-6,9-13,15,22H,3-4,7-8H2,1-2H3,(H,21,23). The normalized spacial score (nSPS) is 14.7. The molecule has 0 radical (unpaired) electrons. The second-order valence-corrected chi connectivity index (χ2v) is 8.33. The van der Waals surface area contributed by atoms with E-state index >= 15 is 0 Å². The lowest BCUT2D eigenvalue weighted by molar-refractivity contribution is 0.0964. The second-order valence-electron chi connectivity index (χ2n) is 6.68. The summed E-state index contributed by atoms with van der Waals surface area (Å²) in [6.45, 7) is 1.74. The number of ether oxygens (including phenoxy) is 1. The Labute approximate surface area is 160 Å². The van der Waals surface area contributed by atoms with Gasteiger partial charge in [0.25, 0.3) is 15.9 Å². The number of carbonyl (C=O) groups is 1. The zero-order valence-corrected chi connectivity index (χ0v) is 16.3. The average molecular weight is 388 g/mol. The number of rotatable bonds is 6. The number of hydrogen-bond donors (Lipinski definition) is 2. The van der Waals surface area contributed by atoms with E-state index in [0.29, 0.717) is 11.3 Å². The molecule has 0 unspecified atom stereocenters. The lowest BCUT2D eigenvalue weighted by Gasteiger charge is -2.16. The Hall–Kier alpha value is -2.54. The van der Waals surface area contributed by atoms with Crippen molar-refractivity contribution in [2.45, 2.75) is 43.6 Å². The number of benzene rings is 2. The molecule has 7 heteroatoms. The van der Waals surface area contributed by atoms with Crippen LogP contribution in [0.1, 0.15) is 41.6 Å². The minimum atomic E-state index is -3.84. The minimum Gasteiger partial charge on any atom is -0.490 e. The van der Waals surface area contributed by atoms with E-state index in [0.717, 1.165) is 12.8 Å². The van der Waals surface area contributed by atoms with Gasteiger partial charge in [-0.3, -0.25) is 9.52 Å². The van der Waals surface area contributed by atoms with E-state index in [2.05, 4.69) is 10.0 Å². The van der Waals surface area contributed by atoms with Crippen LogP contribution in [0.3, 0.4) is 0 Å². The van der Waals surface area contributed by atoms with Gasteiger partial charge in [0.15, 0.2) is 0 Å². The molecular weight excluding hydrogens is 364 g/mol. The lowest BCUT2D eigenvalue weighted by Crippen LogP contribution is -2.22. The minimum absolute atomic E-state index is 0.160. The van der Waals surface area contributed by atoms with E-state index < -0.39 is 10.0 Å². The summed E-state index contributed by atoms with van der Waals surface area (Å²) < 4.78 is 34.2. The van der Waals surface area contributed by atoms with Gasteiger partial charge < -0.3 is 10.1 Å². The monoisotopic (exact) mass is 388 g/mol. The predicted octanol–water partition coefficient (Wildman–Crippen LogP) is 3.48. The van der Waals surface area contributed by atoms with Crippen LogP contribution < -0.4 is 14.8 Å². The van der Waals surface area contributed by atoms with Crippen LogP contribution in [-0.2, 0) is 10.0 Å². The third kappa shape index (κ3) is 4.42. The van der Waals surface area contributed by atoms with Crippen LogP contribution in [0.2, 0.25) is 0 Å². The first-order valence-electron chi connectivity index (χ1n) is 9.02. The van der Waals surface area contributed by atoms with Crippen molar-refractivity contribution in [1.82, 2.24) is 5.32 Å². The maximum absolute atomic E-state index is 12.9. The first-order chi connectivity index (χ1) is 12.9. The number of para-hydroxylation sites is 1. The van der Waals surface area contributed by atoms with Crippen LogP contribution >= 0.6 is 0 Å². The van der Waals surface area contributed by atoms with E-state index in [-0.39, 0.29) is 28.2 Å². The molecule has 0 spiro atoms. The summed E-state index contributed by atoms with van der Waals surface area (Å²) >= 11 is 0. The molecule has 144 valence electrons. The fourth-order valence-electron chi connectivity index (χ4n) is 3.30. The van der Waals surface area contributed by atoms with Gasteiger partial charge in [-0.2, -0.15) is 0 Å². The Morgan fingerprint density at radius 3 is 2.48 bits per heavy atom. The third-order valence-corrected chi connectivity index (χ3v) is 6.21. The second kappa shape index (κ2) is 8.00. The molecule has 0 saturated heterocycles. The number of amides is 1. The molecule has 6 nitrogen and oxygen atoms in total. The smallest absolute Gasteiger partial charge is 0.262 e. The first-order valence-corrected chi connectivity index (χ1v) is 10.5. The molecule has 2 N–H and O–H groups in total. The zero-order chi connectivity index (χ0) is 19.4. The molecule has 1 saturated carbocycles. The van der Waals surface area contributed by atoms with Gasteiger partial charge in [-0.1, -0.05) is 12.1 Å². The molecule has 0 heterocycles. The summed E-state index contributed by atoms with van der Waals surface area (Å²) in [5.74, 6) is 0.328. The van der Waals surface area contributed by atoms with Gasteiger partial charge in [0, 0.05) is 7.05 Å². The molecule has 0 aromatic heterocycles. The van der Waals surface area contributed by atoms with Gasteiger partial charge in [0.1, 0.15) is 5.75 Å². The molecular formula is C20H24N2O4S. The maximum atomic E-state index is 12.9. The summed E-state index contributed by atoms with van der Waals surface area (Å²) in [7, 11) is -2.34.